The number of pyridine rings is 1. The van der Waals surface area contributed by atoms with Gasteiger partial charge in [0.15, 0.2) is 0 Å². The van der Waals surface area contributed by atoms with Gasteiger partial charge in [0.1, 0.15) is 5.01 Å². The van der Waals surface area contributed by atoms with Crippen LogP contribution in [0.5, 0.6) is 0 Å². The number of hydrogen-bond acceptors (Lipinski definition) is 5. The van der Waals surface area contributed by atoms with Gasteiger partial charge in [0.25, 0.3) is 0 Å². The highest BCUT2D eigenvalue weighted by Gasteiger charge is 2.30. The van der Waals surface area contributed by atoms with E-state index in [1.807, 2.05) is 41.4 Å². The maximum atomic E-state index is 4.47. The molecular formula is C15H13N3S2. The van der Waals surface area contributed by atoms with E-state index in [9.17, 15) is 0 Å². The molecule has 2 atom stereocenters. The Kier molecular flexibility index (Phi) is 3.10. The lowest BCUT2D eigenvalue weighted by Crippen LogP contribution is -2.33. The number of rotatable bonds is 2. The van der Waals surface area contributed by atoms with Crippen LogP contribution in [-0.4, -0.2) is 9.97 Å². The molecule has 0 aliphatic carbocycles. The fraction of sp³-hybridized carbons (Fsp3) is 0.200. The lowest BCUT2D eigenvalue weighted by Gasteiger charge is -2.30. The molecule has 100 valence electrons. The van der Waals surface area contributed by atoms with Gasteiger partial charge in [-0.2, -0.15) is 0 Å². The minimum Gasteiger partial charge on any atom is -0.296 e. The summed E-state index contributed by atoms with van der Waals surface area (Å²) < 4.78 is 0. The standard InChI is InChI=1S/C15H13N3S2/c1-2-11(9-16-4-1)13-14-10(3-6-19-14)8-12(18-13)15-17-5-7-20-15/h1-7,9,12-13,18H,8H2. The van der Waals surface area contributed by atoms with E-state index in [1.165, 1.54) is 16.0 Å². The van der Waals surface area contributed by atoms with Gasteiger partial charge in [-0.3, -0.25) is 10.3 Å². The van der Waals surface area contributed by atoms with Gasteiger partial charge in [-0.15, -0.1) is 22.7 Å². The number of hydrogen-bond donors (Lipinski definition) is 1. The number of aromatic nitrogens is 2. The van der Waals surface area contributed by atoms with E-state index in [4.69, 9.17) is 0 Å². The van der Waals surface area contributed by atoms with Gasteiger partial charge in [0.2, 0.25) is 0 Å². The Morgan fingerprint density at radius 1 is 1.15 bits per heavy atom. The van der Waals surface area contributed by atoms with E-state index in [0.29, 0.717) is 6.04 Å². The second-order valence-electron chi connectivity index (χ2n) is 4.82. The third-order valence-electron chi connectivity index (χ3n) is 3.60. The van der Waals surface area contributed by atoms with Crippen LogP contribution in [0.3, 0.4) is 0 Å². The summed E-state index contributed by atoms with van der Waals surface area (Å²) >= 11 is 3.54. The Balaban J connectivity index is 1.75. The first-order chi connectivity index (χ1) is 9.92. The Morgan fingerprint density at radius 2 is 2.15 bits per heavy atom. The quantitative estimate of drug-likeness (QED) is 0.786. The molecule has 0 bridgehead atoms. The average molecular weight is 299 g/mol. The maximum Gasteiger partial charge on any atom is 0.110 e. The zero-order chi connectivity index (χ0) is 13.4. The summed E-state index contributed by atoms with van der Waals surface area (Å²) in [5.41, 5.74) is 2.65. The molecular weight excluding hydrogens is 286 g/mol. The second kappa shape index (κ2) is 5.09. The third kappa shape index (κ3) is 2.08. The van der Waals surface area contributed by atoms with Crippen LogP contribution in [0.4, 0.5) is 0 Å². The van der Waals surface area contributed by atoms with Crippen LogP contribution >= 0.6 is 22.7 Å². The molecule has 0 saturated heterocycles. The van der Waals surface area contributed by atoms with Gasteiger partial charge < -0.3 is 0 Å². The molecule has 1 N–H and O–H groups in total. The first kappa shape index (κ1) is 12.2. The van der Waals surface area contributed by atoms with Crippen molar-refractivity contribution in [2.75, 3.05) is 0 Å². The molecule has 0 radical (unpaired) electrons. The van der Waals surface area contributed by atoms with Crippen LogP contribution < -0.4 is 5.32 Å². The lowest BCUT2D eigenvalue weighted by molar-refractivity contribution is 0.455. The molecule has 3 aromatic heterocycles. The molecule has 0 fully saturated rings. The molecule has 4 rings (SSSR count). The molecule has 0 aromatic carbocycles. The number of fused-ring (bicyclic) bond motifs is 1. The smallest absolute Gasteiger partial charge is 0.110 e. The number of nitrogens with zero attached hydrogens (tertiary/aromatic N) is 2. The first-order valence-corrected chi connectivity index (χ1v) is 8.29. The number of thiazole rings is 1. The summed E-state index contributed by atoms with van der Waals surface area (Å²) in [6.45, 7) is 0. The van der Waals surface area contributed by atoms with E-state index in [2.05, 4.69) is 32.8 Å². The topological polar surface area (TPSA) is 37.8 Å². The molecule has 0 saturated carbocycles. The monoisotopic (exact) mass is 299 g/mol. The van der Waals surface area contributed by atoms with E-state index < -0.39 is 0 Å². The van der Waals surface area contributed by atoms with Gasteiger partial charge in [-0.25, -0.2) is 4.98 Å². The summed E-state index contributed by atoms with van der Waals surface area (Å²) in [4.78, 5) is 10.1. The normalized spacial score (nSPS) is 21.6. The molecule has 0 amide bonds. The van der Waals surface area contributed by atoms with E-state index in [-0.39, 0.29) is 6.04 Å². The van der Waals surface area contributed by atoms with Crippen molar-refractivity contribution >= 4 is 22.7 Å². The van der Waals surface area contributed by atoms with Crippen molar-refractivity contribution < 1.29 is 0 Å². The predicted octanol–water partition coefficient (Wildman–Crippen LogP) is 3.58. The lowest BCUT2D eigenvalue weighted by atomic mass is 9.94. The maximum absolute atomic E-state index is 4.47. The first-order valence-electron chi connectivity index (χ1n) is 6.53. The molecule has 3 aromatic rings. The van der Waals surface area contributed by atoms with Gasteiger partial charge in [0.05, 0.1) is 12.1 Å². The van der Waals surface area contributed by atoms with Crippen LogP contribution in [0, 0.1) is 0 Å². The molecule has 3 nitrogen and oxygen atoms in total. The third-order valence-corrected chi connectivity index (χ3v) is 5.52. The minimum atomic E-state index is 0.223. The number of thiophene rings is 1. The zero-order valence-electron chi connectivity index (χ0n) is 10.7. The highest BCUT2D eigenvalue weighted by molar-refractivity contribution is 7.10. The molecule has 0 spiro atoms. The van der Waals surface area contributed by atoms with Gasteiger partial charge in [-0.1, -0.05) is 6.07 Å². The predicted molar refractivity (Wildman–Crippen MR) is 82.1 cm³/mol. The summed E-state index contributed by atoms with van der Waals surface area (Å²) in [7, 11) is 0. The minimum absolute atomic E-state index is 0.223. The van der Waals surface area contributed by atoms with Crippen molar-refractivity contribution in [3.8, 4) is 0 Å². The van der Waals surface area contributed by atoms with Crippen molar-refractivity contribution in [2.45, 2.75) is 18.5 Å². The van der Waals surface area contributed by atoms with Crippen molar-refractivity contribution in [1.82, 2.24) is 15.3 Å². The Labute approximate surface area is 125 Å². The highest BCUT2D eigenvalue weighted by atomic mass is 32.1. The van der Waals surface area contributed by atoms with Crippen LogP contribution in [0.1, 0.15) is 33.1 Å². The molecule has 1 aliphatic rings. The van der Waals surface area contributed by atoms with E-state index >= 15 is 0 Å². The van der Waals surface area contributed by atoms with Gasteiger partial charge in [-0.05, 0) is 35.1 Å². The SMILES string of the molecule is c1cncc(C2NC(c3nccs3)Cc3ccsc32)c1. The van der Waals surface area contributed by atoms with Crippen LogP contribution in [-0.2, 0) is 6.42 Å². The van der Waals surface area contributed by atoms with Crippen molar-refractivity contribution in [2.24, 2.45) is 0 Å². The van der Waals surface area contributed by atoms with Gasteiger partial charge >= 0.3 is 0 Å². The van der Waals surface area contributed by atoms with Crippen LogP contribution in [0.15, 0.2) is 47.5 Å². The summed E-state index contributed by atoms with van der Waals surface area (Å²) in [6.07, 6.45) is 6.67. The molecule has 2 unspecified atom stereocenters. The number of nitrogens with one attached hydrogen (secondary N) is 1. The molecule has 4 heterocycles. The van der Waals surface area contributed by atoms with E-state index in [1.54, 1.807) is 11.3 Å². The summed E-state index contributed by atoms with van der Waals surface area (Å²) in [5, 5.41) is 9.12. The second-order valence-corrected chi connectivity index (χ2v) is 6.70. The van der Waals surface area contributed by atoms with Crippen molar-refractivity contribution in [3.05, 3.63) is 68.6 Å². The highest BCUT2D eigenvalue weighted by Crippen LogP contribution is 2.38. The molecule has 20 heavy (non-hydrogen) atoms. The van der Waals surface area contributed by atoms with Crippen LogP contribution in [0.2, 0.25) is 0 Å². The molecule has 1 aliphatic heterocycles. The van der Waals surface area contributed by atoms with Crippen molar-refractivity contribution in [3.63, 3.8) is 0 Å². The Bertz CT molecular complexity index is 691. The van der Waals surface area contributed by atoms with Crippen molar-refractivity contribution in [1.29, 1.82) is 0 Å². The fourth-order valence-electron chi connectivity index (χ4n) is 2.68. The average Bonchev–Trinajstić information content (AvgIpc) is 3.18. The van der Waals surface area contributed by atoms with Gasteiger partial charge in [0, 0.05) is 28.8 Å². The van der Waals surface area contributed by atoms with E-state index in [0.717, 1.165) is 11.4 Å². The zero-order valence-corrected chi connectivity index (χ0v) is 12.3. The fourth-order valence-corrected chi connectivity index (χ4v) is 4.40. The van der Waals surface area contributed by atoms with Crippen LogP contribution in [0.25, 0.3) is 0 Å². The Morgan fingerprint density at radius 3 is 2.95 bits per heavy atom. The largest absolute Gasteiger partial charge is 0.296 e. The Hall–Kier alpha value is -1.56. The summed E-state index contributed by atoms with van der Waals surface area (Å²) in [5.74, 6) is 0. The molecule has 5 heteroatoms. The summed E-state index contributed by atoms with van der Waals surface area (Å²) in [6, 6.07) is 6.89.